The predicted molar refractivity (Wildman–Crippen MR) is 70.0 cm³/mol. The molecule has 1 amide bonds. The molecule has 5 nitrogen and oxygen atoms in total. The van der Waals surface area contributed by atoms with Gasteiger partial charge < -0.3 is 16.0 Å². The van der Waals surface area contributed by atoms with E-state index in [4.69, 9.17) is 11.0 Å². The van der Waals surface area contributed by atoms with E-state index in [1.807, 2.05) is 18.0 Å². The second-order valence-corrected chi connectivity index (χ2v) is 4.58. The molecule has 18 heavy (non-hydrogen) atoms. The molecule has 1 aromatic rings. The summed E-state index contributed by atoms with van der Waals surface area (Å²) in [5.41, 5.74) is 7.46. The first-order chi connectivity index (χ1) is 8.60. The number of amides is 1. The highest BCUT2D eigenvalue weighted by Gasteiger charge is 2.23. The number of nitrogens with zero attached hydrogens (tertiary/aromatic N) is 2. The third kappa shape index (κ3) is 2.92. The molecule has 0 unspecified atom stereocenters. The van der Waals surface area contributed by atoms with Crippen LogP contribution in [0.2, 0.25) is 0 Å². The second kappa shape index (κ2) is 4.96. The average molecular weight is 244 g/mol. The molecule has 3 N–H and O–H groups in total. The summed E-state index contributed by atoms with van der Waals surface area (Å²) in [6, 6.07) is 7.55. The maximum atomic E-state index is 11.6. The van der Waals surface area contributed by atoms with E-state index in [-0.39, 0.29) is 5.91 Å². The molecule has 0 bridgehead atoms. The van der Waals surface area contributed by atoms with E-state index in [0.717, 1.165) is 18.5 Å². The van der Waals surface area contributed by atoms with Gasteiger partial charge in [-0.3, -0.25) is 4.79 Å². The summed E-state index contributed by atoms with van der Waals surface area (Å²) in [4.78, 5) is 13.5. The van der Waals surface area contributed by atoms with Gasteiger partial charge in [-0.25, -0.2) is 0 Å². The van der Waals surface area contributed by atoms with Crippen molar-refractivity contribution in [2.24, 2.45) is 0 Å². The number of carbonyl (C=O) groups is 1. The van der Waals surface area contributed by atoms with Crippen molar-refractivity contribution < 1.29 is 4.79 Å². The van der Waals surface area contributed by atoms with Gasteiger partial charge in [0.1, 0.15) is 6.07 Å². The number of nitrogens with two attached hydrogens (primary N) is 1. The Morgan fingerprint density at radius 2 is 2.33 bits per heavy atom. The third-order valence-corrected chi connectivity index (χ3v) is 2.92. The minimum atomic E-state index is 0.0166. The van der Waals surface area contributed by atoms with Crippen LogP contribution < -0.4 is 16.0 Å². The molecule has 0 radical (unpaired) electrons. The summed E-state index contributed by atoms with van der Waals surface area (Å²) < 4.78 is 0. The van der Waals surface area contributed by atoms with Gasteiger partial charge in [-0.1, -0.05) is 0 Å². The molecule has 1 fully saturated rings. The first-order valence-corrected chi connectivity index (χ1v) is 5.90. The van der Waals surface area contributed by atoms with Crippen molar-refractivity contribution in [1.29, 1.82) is 5.26 Å². The van der Waals surface area contributed by atoms with Gasteiger partial charge in [0, 0.05) is 18.8 Å². The molecule has 1 aliphatic carbocycles. The highest BCUT2D eigenvalue weighted by atomic mass is 16.2. The number of hydrogen-bond acceptors (Lipinski definition) is 4. The van der Waals surface area contributed by atoms with Crippen LogP contribution in [0.1, 0.15) is 18.4 Å². The zero-order chi connectivity index (χ0) is 13.1. The molecule has 1 aliphatic rings. The van der Waals surface area contributed by atoms with Gasteiger partial charge >= 0.3 is 0 Å². The molecule has 5 heteroatoms. The topological polar surface area (TPSA) is 82.2 Å². The summed E-state index contributed by atoms with van der Waals surface area (Å²) in [6.45, 7) is 0.293. The van der Waals surface area contributed by atoms with Crippen molar-refractivity contribution in [3.05, 3.63) is 23.8 Å². The fraction of sp³-hybridized carbons (Fsp3) is 0.385. The summed E-state index contributed by atoms with van der Waals surface area (Å²) >= 11 is 0. The largest absolute Gasteiger partial charge is 0.398 e. The zero-order valence-corrected chi connectivity index (χ0v) is 10.3. The van der Waals surface area contributed by atoms with Crippen LogP contribution in [0.3, 0.4) is 0 Å². The minimum Gasteiger partial charge on any atom is -0.398 e. The summed E-state index contributed by atoms with van der Waals surface area (Å²) in [7, 11) is 1.83. The van der Waals surface area contributed by atoms with Crippen molar-refractivity contribution in [1.82, 2.24) is 5.32 Å². The summed E-state index contributed by atoms with van der Waals surface area (Å²) in [5.74, 6) is 0.0166. The molecule has 1 aromatic carbocycles. The van der Waals surface area contributed by atoms with Crippen LogP contribution in [0, 0.1) is 11.3 Å². The van der Waals surface area contributed by atoms with Crippen LogP contribution in [0.25, 0.3) is 0 Å². The van der Waals surface area contributed by atoms with E-state index < -0.39 is 0 Å². The number of nitrogens with one attached hydrogen (secondary N) is 1. The van der Waals surface area contributed by atoms with Gasteiger partial charge in [0.2, 0.25) is 5.91 Å². The fourth-order valence-electron chi connectivity index (χ4n) is 1.70. The quantitative estimate of drug-likeness (QED) is 0.769. The van der Waals surface area contributed by atoms with E-state index in [1.165, 1.54) is 0 Å². The molecule has 0 saturated heterocycles. The number of carbonyl (C=O) groups excluding carboxylic acids is 1. The lowest BCUT2D eigenvalue weighted by molar-refractivity contribution is -0.119. The summed E-state index contributed by atoms with van der Waals surface area (Å²) in [5, 5.41) is 11.7. The van der Waals surface area contributed by atoms with Gasteiger partial charge in [-0.05, 0) is 31.0 Å². The number of benzene rings is 1. The first-order valence-electron chi connectivity index (χ1n) is 5.90. The number of nitriles is 1. The van der Waals surface area contributed by atoms with E-state index in [9.17, 15) is 4.79 Å². The van der Waals surface area contributed by atoms with Crippen LogP contribution in [-0.4, -0.2) is 25.5 Å². The Morgan fingerprint density at radius 3 is 2.89 bits per heavy atom. The predicted octanol–water partition coefficient (Wildman–Crippen LogP) is 0.855. The Labute approximate surface area is 106 Å². The number of anilines is 2. The Morgan fingerprint density at radius 1 is 1.61 bits per heavy atom. The third-order valence-electron chi connectivity index (χ3n) is 2.92. The molecular weight excluding hydrogens is 228 g/mol. The smallest absolute Gasteiger partial charge is 0.239 e. The van der Waals surface area contributed by atoms with Gasteiger partial charge in [-0.2, -0.15) is 5.26 Å². The molecule has 0 aromatic heterocycles. The molecule has 0 aliphatic heterocycles. The number of nitrogen functional groups attached to an aromatic ring is 1. The minimum absolute atomic E-state index is 0.0166. The molecule has 2 rings (SSSR count). The van der Waals surface area contributed by atoms with Crippen molar-refractivity contribution >= 4 is 17.3 Å². The zero-order valence-electron chi connectivity index (χ0n) is 10.3. The Kier molecular flexibility index (Phi) is 3.38. The van der Waals surface area contributed by atoms with Gasteiger partial charge in [0.25, 0.3) is 0 Å². The molecule has 1 saturated carbocycles. The SMILES string of the molecule is CN(CC(=O)NC1CC1)c1ccc(C#N)c(N)c1. The lowest BCUT2D eigenvalue weighted by atomic mass is 10.1. The van der Waals surface area contributed by atoms with Crippen molar-refractivity contribution in [3.8, 4) is 6.07 Å². The standard InChI is InChI=1S/C13H16N4O/c1-17(8-13(18)16-10-3-4-10)11-5-2-9(7-14)12(15)6-11/h2,5-6,10H,3-4,8,15H2,1H3,(H,16,18). The molecule has 0 heterocycles. The molecule has 94 valence electrons. The Bertz CT molecular complexity index is 502. The summed E-state index contributed by atoms with van der Waals surface area (Å²) in [6.07, 6.45) is 2.17. The van der Waals surface area contributed by atoms with Gasteiger partial charge in [0.15, 0.2) is 0 Å². The van der Waals surface area contributed by atoms with Crippen molar-refractivity contribution in [3.63, 3.8) is 0 Å². The van der Waals surface area contributed by atoms with Crippen LogP contribution in [0.4, 0.5) is 11.4 Å². The second-order valence-electron chi connectivity index (χ2n) is 4.58. The lowest BCUT2D eigenvalue weighted by Crippen LogP contribution is -2.36. The fourth-order valence-corrected chi connectivity index (χ4v) is 1.70. The number of likely N-dealkylation sites (N-methyl/N-ethyl adjacent to an activating group) is 1. The monoisotopic (exact) mass is 244 g/mol. The highest BCUT2D eigenvalue weighted by Crippen LogP contribution is 2.21. The van der Waals surface area contributed by atoms with Gasteiger partial charge in [-0.15, -0.1) is 0 Å². The maximum Gasteiger partial charge on any atom is 0.239 e. The number of rotatable bonds is 4. The molecular formula is C13H16N4O. The van der Waals surface area contributed by atoms with Gasteiger partial charge in [0.05, 0.1) is 17.8 Å². The first kappa shape index (κ1) is 12.2. The van der Waals surface area contributed by atoms with E-state index in [2.05, 4.69) is 5.32 Å². The molecule has 0 spiro atoms. The Hall–Kier alpha value is -2.22. The van der Waals surface area contributed by atoms with Crippen molar-refractivity contribution in [2.75, 3.05) is 24.2 Å². The van der Waals surface area contributed by atoms with Crippen LogP contribution in [0.5, 0.6) is 0 Å². The molecule has 0 atom stereocenters. The van der Waals surface area contributed by atoms with Crippen LogP contribution >= 0.6 is 0 Å². The Balaban J connectivity index is 1.99. The van der Waals surface area contributed by atoms with E-state index in [0.29, 0.717) is 23.8 Å². The normalized spacial score (nSPS) is 13.8. The average Bonchev–Trinajstić information content (AvgIpc) is 3.12. The van der Waals surface area contributed by atoms with E-state index in [1.54, 1.807) is 18.2 Å². The lowest BCUT2D eigenvalue weighted by Gasteiger charge is -2.19. The van der Waals surface area contributed by atoms with Crippen LogP contribution in [-0.2, 0) is 4.79 Å². The van der Waals surface area contributed by atoms with Crippen LogP contribution in [0.15, 0.2) is 18.2 Å². The van der Waals surface area contributed by atoms with E-state index >= 15 is 0 Å². The maximum absolute atomic E-state index is 11.6. The van der Waals surface area contributed by atoms with Crippen molar-refractivity contribution in [2.45, 2.75) is 18.9 Å². The highest BCUT2D eigenvalue weighted by molar-refractivity contribution is 5.82. The number of hydrogen-bond donors (Lipinski definition) is 2.